The maximum absolute atomic E-state index is 4.31. The Morgan fingerprint density at radius 2 is 0.917 bits per heavy atom. The highest BCUT2D eigenvalue weighted by molar-refractivity contribution is 5.93. The van der Waals surface area contributed by atoms with Crippen molar-refractivity contribution in [1.29, 1.82) is 0 Å². The molecule has 0 aliphatic rings. The van der Waals surface area contributed by atoms with Crippen LogP contribution >= 0.6 is 0 Å². The van der Waals surface area contributed by atoms with Gasteiger partial charge in [0, 0.05) is 47.3 Å². The number of nitrogens with zero attached hydrogens (tertiary/aromatic N) is 2. The molecular formula is C34H25N2+. The van der Waals surface area contributed by atoms with Crippen LogP contribution in [0.1, 0.15) is 0 Å². The molecule has 2 aromatic heterocycles. The molecule has 0 aliphatic carbocycles. The topological polar surface area (TPSA) is 16.8 Å². The second-order valence-electron chi connectivity index (χ2n) is 8.67. The molecule has 0 amide bonds. The molecule has 0 spiro atoms. The Hall–Kier alpha value is -4.82. The van der Waals surface area contributed by atoms with E-state index in [0.717, 1.165) is 28.2 Å². The third-order valence-corrected chi connectivity index (χ3v) is 6.44. The van der Waals surface area contributed by atoms with Crippen LogP contribution in [0, 0.1) is 0 Å². The lowest BCUT2D eigenvalue weighted by molar-refractivity contribution is -0.571. The van der Waals surface area contributed by atoms with Gasteiger partial charge >= 0.3 is 0 Å². The summed E-state index contributed by atoms with van der Waals surface area (Å²) in [6.45, 7) is 0. The van der Waals surface area contributed by atoms with Crippen LogP contribution in [0.4, 0.5) is 0 Å². The normalized spacial score (nSPS) is 10.8. The highest BCUT2D eigenvalue weighted by atomic mass is 15.0. The summed E-state index contributed by atoms with van der Waals surface area (Å²) in [4.78, 5) is 4.31. The minimum atomic E-state index is 1.07. The quantitative estimate of drug-likeness (QED) is 0.238. The van der Waals surface area contributed by atoms with Crippen LogP contribution in [-0.2, 0) is 0 Å². The number of rotatable bonds is 5. The molecule has 0 bridgehead atoms. The van der Waals surface area contributed by atoms with Gasteiger partial charge in [0.25, 0.3) is 0 Å². The maximum Gasteiger partial charge on any atom is 0.227 e. The van der Waals surface area contributed by atoms with Crippen LogP contribution in [0.25, 0.3) is 50.5 Å². The molecule has 0 aliphatic heterocycles. The van der Waals surface area contributed by atoms with Crippen LogP contribution < -0.4 is 4.57 Å². The minimum Gasteiger partial charge on any atom is -0.264 e. The lowest BCUT2D eigenvalue weighted by atomic mass is 9.88. The Bertz CT molecular complexity index is 1480. The zero-order chi connectivity index (χ0) is 24.2. The van der Waals surface area contributed by atoms with Crippen molar-refractivity contribution in [3.05, 3.63) is 152 Å². The highest BCUT2D eigenvalue weighted by Gasteiger charge is 2.30. The average Bonchev–Trinajstić information content (AvgIpc) is 2.98. The number of pyridine rings is 2. The van der Waals surface area contributed by atoms with E-state index >= 15 is 0 Å². The number of aromatic nitrogens is 2. The van der Waals surface area contributed by atoms with E-state index in [-0.39, 0.29) is 0 Å². The molecule has 0 unspecified atom stereocenters. The Kier molecular flexibility index (Phi) is 5.91. The summed E-state index contributed by atoms with van der Waals surface area (Å²) in [6.07, 6.45) is 3.72. The predicted molar refractivity (Wildman–Crippen MR) is 148 cm³/mol. The molecule has 4 aromatic carbocycles. The first-order valence-corrected chi connectivity index (χ1v) is 12.2. The average molecular weight is 462 g/mol. The Balaban J connectivity index is 1.84. The summed E-state index contributed by atoms with van der Waals surface area (Å²) in [6, 6.07) is 49.2. The van der Waals surface area contributed by atoms with Gasteiger partial charge in [-0.05, 0) is 35.4 Å². The van der Waals surface area contributed by atoms with Gasteiger partial charge in [0.1, 0.15) is 0 Å². The minimum absolute atomic E-state index is 1.07. The van der Waals surface area contributed by atoms with Crippen molar-refractivity contribution in [2.45, 2.75) is 0 Å². The fraction of sp³-hybridized carbons (Fsp3) is 0. The zero-order valence-corrected chi connectivity index (χ0v) is 19.8. The van der Waals surface area contributed by atoms with E-state index in [9.17, 15) is 0 Å². The van der Waals surface area contributed by atoms with Gasteiger partial charge in [-0.25, -0.2) is 0 Å². The number of hydrogen-bond donors (Lipinski definition) is 0. The van der Waals surface area contributed by atoms with E-state index in [1.54, 1.807) is 0 Å². The standard InChI is InChI=1S/C34H25N2/c1-5-13-26(14-6-1)31-25-32(27-15-7-2-8-16-27)36(30-21-23-35-24-22-30)34(29-19-11-4-12-20-29)33(31)28-17-9-3-10-18-28/h1-25H/q+1. The summed E-state index contributed by atoms with van der Waals surface area (Å²) in [5.41, 5.74) is 10.4. The lowest BCUT2D eigenvalue weighted by Crippen LogP contribution is -2.37. The second-order valence-corrected chi connectivity index (χ2v) is 8.67. The first-order chi connectivity index (χ1) is 17.9. The predicted octanol–water partition coefficient (Wildman–Crippen LogP) is 8.03. The van der Waals surface area contributed by atoms with Gasteiger partial charge in [-0.15, -0.1) is 0 Å². The van der Waals surface area contributed by atoms with Crippen LogP contribution in [0.3, 0.4) is 0 Å². The summed E-state index contributed by atoms with van der Waals surface area (Å²) in [7, 11) is 0. The molecule has 2 heteroatoms. The van der Waals surface area contributed by atoms with Crippen LogP contribution in [0.15, 0.2) is 152 Å². The molecule has 0 atom stereocenters. The number of benzene rings is 4. The van der Waals surface area contributed by atoms with Gasteiger partial charge in [-0.3, -0.25) is 4.98 Å². The van der Waals surface area contributed by atoms with Crippen molar-refractivity contribution in [1.82, 2.24) is 4.98 Å². The van der Waals surface area contributed by atoms with E-state index in [1.165, 1.54) is 22.3 Å². The molecule has 0 fully saturated rings. The third-order valence-electron chi connectivity index (χ3n) is 6.44. The van der Waals surface area contributed by atoms with Crippen LogP contribution in [0.2, 0.25) is 0 Å². The molecule has 0 saturated heterocycles. The molecule has 2 nitrogen and oxygen atoms in total. The van der Waals surface area contributed by atoms with Gasteiger partial charge in [-0.2, -0.15) is 4.57 Å². The summed E-state index contributed by atoms with van der Waals surface area (Å²) in [5, 5.41) is 0. The molecule has 0 saturated carbocycles. The van der Waals surface area contributed by atoms with Gasteiger partial charge in [0.05, 0.1) is 5.56 Å². The molecular weight excluding hydrogens is 436 g/mol. The molecule has 0 radical (unpaired) electrons. The van der Waals surface area contributed by atoms with Crippen molar-refractivity contribution in [3.8, 4) is 50.5 Å². The monoisotopic (exact) mass is 461 g/mol. The van der Waals surface area contributed by atoms with Crippen molar-refractivity contribution < 1.29 is 4.57 Å². The van der Waals surface area contributed by atoms with E-state index in [0.29, 0.717) is 0 Å². The smallest absolute Gasteiger partial charge is 0.227 e. The molecule has 6 rings (SSSR count). The zero-order valence-electron chi connectivity index (χ0n) is 19.8. The Labute approximate surface area is 211 Å². The van der Waals surface area contributed by atoms with Crippen molar-refractivity contribution in [2.24, 2.45) is 0 Å². The second kappa shape index (κ2) is 9.81. The molecule has 0 N–H and O–H groups in total. The molecule has 6 aromatic rings. The first-order valence-electron chi connectivity index (χ1n) is 12.2. The van der Waals surface area contributed by atoms with E-state index in [2.05, 4.69) is 149 Å². The maximum atomic E-state index is 4.31. The van der Waals surface area contributed by atoms with Crippen LogP contribution in [-0.4, -0.2) is 4.98 Å². The molecule has 2 heterocycles. The van der Waals surface area contributed by atoms with E-state index in [1.807, 2.05) is 12.4 Å². The Morgan fingerprint density at radius 3 is 1.47 bits per heavy atom. The van der Waals surface area contributed by atoms with Gasteiger partial charge in [0.15, 0.2) is 0 Å². The van der Waals surface area contributed by atoms with Crippen molar-refractivity contribution >= 4 is 0 Å². The van der Waals surface area contributed by atoms with Gasteiger partial charge < -0.3 is 0 Å². The number of hydrogen-bond acceptors (Lipinski definition) is 1. The van der Waals surface area contributed by atoms with Gasteiger partial charge in [0.2, 0.25) is 17.1 Å². The van der Waals surface area contributed by atoms with Crippen LogP contribution in [0.5, 0.6) is 0 Å². The van der Waals surface area contributed by atoms with E-state index in [4.69, 9.17) is 0 Å². The first kappa shape index (κ1) is 21.7. The summed E-state index contributed by atoms with van der Waals surface area (Å²) < 4.78 is 2.38. The third kappa shape index (κ3) is 4.10. The molecule has 36 heavy (non-hydrogen) atoms. The molecule has 170 valence electrons. The van der Waals surface area contributed by atoms with Crippen molar-refractivity contribution in [2.75, 3.05) is 0 Å². The van der Waals surface area contributed by atoms with Gasteiger partial charge in [-0.1, -0.05) is 97.1 Å². The summed E-state index contributed by atoms with van der Waals surface area (Å²) in [5.74, 6) is 0. The van der Waals surface area contributed by atoms with Crippen molar-refractivity contribution in [3.63, 3.8) is 0 Å². The lowest BCUT2D eigenvalue weighted by Gasteiger charge is -2.18. The largest absolute Gasteiger partial charge is 0.264 e. The SMILES string of the molecule is c1ccc(-c2cc(-c3ccccc3)[n+](-c3ccncc3)c(-c3ccccc3)c2-c2ccccc2)cc1. The fourth-order valence-electron chi connectivity index (χ4n) is 4.83. The highest BCUT2D eigenvalue weighted by Crippen LogP contribution is 2.41. The Morgan fingerprint density at radius 1 is 0.444 bits per heavy atom. The van der Waals surface area contributed by atoms with E-state index < -0.39 is 0 Å². The summed E-state index contributed by atoms with van der Waals surface area (Å²) >= 11 is 0. The fourth-order valence-corrected chi connectivity index (χ4v) is 4.83.